The molecule has 0 radical (unpaired) electrons. The molecular formula is C22H27FN6O. The summed E-state index contributed by atoms with van der Waals surface area (Å²) in [6, 6.07) is 9.55. The summed E-state index contributed by atoms with van der Waals surface area (Å²) in [7, 11) is 1.94. The molecule has 0 amide bonds. The maximum absolute atomic E-state index is 13.0. The summed E-state index contributed by atoms with van der Waals surface area (Å²) >= 11 is 0. The van der Waals surface area contributed by atoms with E-state index in [0.29, 0.717) is 24.7 Å². The lowest BCUT2D eigenvalue weighted by Crippen LogP contribution is -2.37. The maximum atomic E-state index is 13.0. The van der Waals surface area contributed by atoms with Crippen LogP contribution in [0, 0.1) is 19.7 Å². The molecule has 0 saturated carbocycles. The predicted molar refractivity (Wildman–Crippen MR) is 115 cm³/mol. The Morgan fingerprint density at radius 2 is 1.93 bits per heavy atom. The first-order valence-corrected chi connectivity index (χ1v) is 9.86. The minimum absolute atomic E-state index is 0.307. The lowest BCUT2D eigenvalue weighted by Gasteiger charge is -2.12. The van der Waals surface area contributed by atoms with E-state index in [4.69, 9.17) is 4.74 Å². The average molecular weight is 410 g/mol. The number of nitrogens with one attached hydrogen (secondary N) is 2. The molecule has 2 aromatic heterocycles. The number of aliphatic imine (C=N–C) groups is 1. The molecule has 0 spiro atoms. The van der Waals surface area contributed by atoms with E-state index in [1.807, 2.05) is 37.7 Å². The Morgan fingerprint density at radius 1 is 1.17 bits per heavy atom. The summed E-state index contributed by atoms with van der Waals surface area (Å²) in [5, 5.41) is 11.1. The topological polar surface area (TPSA) is 76.4 Å². The highest BCUT2D eigenvalue weighted by Gasteiger charge is 2.10. The van der Waals surface area contributed by atoms with Gasteiger partial charge in [-0.2, -0.15) is 5.10 Å². The lowest BCUT2D eigenvalue weighted by atomic mass is 10.2. The molecule has 0 saturated heterocycles. The summed E-state index contributed by atoms with van der Waals surface area (Å²) in [6.07, 6.45) is 1.67. The van der Waals surface area contributed by atoms with Crippen LogP contribution in [0.3, 0.4) is 0 Å². The fourth-order valence-electron chi connectivity index (χ4n) is 2.99. The van der Waals surface area contributed by atoms with E-state index in [1.54, 1.807) is 18.3 Å². The number of aromatic nitrogens is 3. The van der Waals surface area contributed by atoms with Gasteiger partial charge in [0.2, 0.25) is 5.88 Å². The van der Waals surface area contributed by atoms with Crippen LogP contribution in [-0.4, -0.2) is 27.3 Å². The molecule has 0 aliphatic carbocycles. The van der Waals surface area contributed by atoms with Crippen molar-refractivity contribution in [3.63, 3.8) is 0 Å². The van der Waals surface area contributed by atoms with Crippen molar-refractivity contribution in [2.45, 2.75) is 33.9 Å². The second-order valence-corrected chi connectivity index (χ2v) is 6.88. The van der Waals surface area contributed by atoms with Crippen LogP contribution in [0.2, 0.25) is 0 Å². The summed E-state index contributed by atoms with van der Waals surface area (Å²) < 4.78 is 20.6. The van der Waals surface area contributed by atoms with E-state index in [-0.39, 0.29) is 5.82 Å². The van der Waals surface area contributed by atoms with Gasteiger partial charge in [-0.1, -0.05) is 0 Å². The molecule has 30 heavy (non-hydrogen) atoms. The van der Waals surface area contributed by atoms with Crippen LogP contribution in [0.5, 0.6) is 11.6 Å². The van der Waals surface area contributed by atoms with Gasteiger partial charge in [0.25, 0.3) is 0 Å². The van der Waals surface area contributed by atoms with Gasteiger partial charge in [-0.05, 0) is 56.7 Å². The number of benzene rings is 1. The molecule has 0 fully saturated rings. The highest BCUT2D eigenvalue weighted by molar-refractivity contribution is 5.79. The second-order valence-electron chi connectivity index (χ2n) is 6.88. The third-order valence-corrected chi connectivity index (χ3v) is 4.69. The Morgan fingerprint density at radius 3 is 2.60 bits per heavy atom. The van der Waals surface area contributed by atoms with Crippen molar-refractivity contribution in [3.8, 4) is 11.6 Å². The Hall–Kier alpha value is -3.42. The number of aryl methyl sites for hydroxylation is 2. The molecule has 7 nitrogen and oxygen atoms in total. The van der Waals surface area contributed by atoms with Gasteiger partial charge in [-0.25, -0.2) is 14.4 Å². The van der Waals surface area contributed by atoms with E-state index in [1.165, 1.54) is 17.7 Å². The number of nitrogens with zero attached hydrogens (tertiary/aromatic N) is 4. The molecule has 0 atom stereocenters. The zero-order chi connectivity index (χ0) is 21.5. The number of rotatable bonds is 7. The number of ether oxygens (including phenoxy) is 1. The number of hydrogen-bond donors (Lipinski definition) is 2. The van der Waals surface area contributed by atoms with Gasteiger partial charge < -0.3 is 15.4 Å². The number of hydrogen-bond acceptors (Lipinski definition) is 4. The third-order valence-electron chi connectivity index (χ3n) is 4.69. The van der Waals surface area contributed by atoms with Crippen molar-refractivity contribution in [1.29, 1.82) is 0 Å². The zero-order valence-electron chi connectivity index (χ0n) is 17.7. The number of guanidine groups is 1. The van der Waals surface area contributed by atoms with Crippen molar-refractivity contribution in [2.24, 2.45) is 12.0 Å². The highest BCUT2D eigenvalue weighted by atomic mass is 19.1. The van der Waals surface area contributed by atoms with Crippen LogP contribution >= 0.6 is 0 Å². The van der Waals surface area contributed by atoms with Crippen LogP contribution in [0.25, 0.3) is 0 Å². The Labute approximate surface area is 176 Å². The first-order valence-electron chi connectivity index (χ1n) is 9.86. The van der Waals surface area contributed by atoms with E-state index < -0.39 is 0 Å². The van der Waals surface area contributed by atoms with E-state index in [0.717, 1.165) is 29.5 Å². The fourth-order valence-corrected chi connectivity index (χ4v) is 2.99. The minimum atomic E-state index is -0.307. The summed E-state index contributed by atoms with van der Waals surface area (Å²) in [4.78, 5) is 8.87. The molecule has 0 unspecified atom stereocenters. The first kappa shape index (κ1) is 21.3. The zero-order valence-corrected chi connectivity index (χ0v) is 17.7. The van der Waals surface area contributed by atoms with Crippen LogP contribution in [0.1, 0.15) is 29.4 Å². The molecule has 2 heterocycles. The predicted octanol–water partition coefficient (Wildman–Crippen LogP) is 3.62. The molecule has 0 aliphatic rings. The average Bonchev–Trinajstić information content (AvgIpc) is 2.97. The standard InChI is InChI=1S/C22H27FN6O/c1-5-24-22(27-14-20-15(2)28-29(4)16(20)3)26-13-17-10-11-25-21(12-17)30-19-8-6-18(23)7-9-19/h6-12H,5,13-14H2,1-4H3,(H2,24,26,27). The monoisotopic (exact) mass is 410 g/mol. The largest absolute Gasteiger partial charge is 0.439 e. The van der Waals surface area contributed by atoms with Gasteiger partial charge in [0.15, 0.2) is 5.96 Å². The smallest absolute Gasteiger partial charge is 0.219 e. The normalized spacial score (nSPS) is 11.4. The third kappa shape index (κ3) is 5.56. The maximum Gasteiger partial charge on any atom is 0.219 e. The van der Waals surface area contributed by atoms with E-state index in [2.05, 4.69) is 32.6 Å². The quantitative estimate of drug-likeness (QED) is 0.460. The highest BCUT2D eigenvalue weighted by Crippen LogP contribution is 2.20. The summed E-state index contributed by atoms with van der Waals surface area (Å²) in [5.74, 6) is 1.38. The Balaban J connectivity index is 1.66. The molecule has 158 valence electrons. The molecule has 0 bridgehead atoms. The second kappa shape index (κ2) is 9.87. The van der Waals surface area contributed by atoms with Gasteiger partial charge in [0.1, 0.15) is 11.6 Å². The Bertz CT molecular complexity index is 1010. The summed E-state index contributed by atoms with van der Waals surface area (Å²) in [6.45, 7) is 7.95. The van der Waals surface area contributed by atoms with Crippen LogP contribution < -0.4 is 15.4 Å². The SMILES string of the molecule is CCNC(=NCc1ccnc(Oc2ccc(F)cc2)c1)NCc1c(C)nn(C)c1C. The van der Waals surface area contributed by atoms with Gasteiger partial charge in [-0.3, -0.25) is 4.68 Å². The van der Waals surface area contributed by atoms with Crippen molar-refractivity contribution >= 4 is 5.96 Å². The van der Waals surface area contributed by atoms with E-state index >= 15 is 0 Å². The number of halogens is 1. The molecule has 3 aromatic rings. The van der Waals surface area contributed by atoms with Gasteiger partial charge in [-0.15, -0.1) is 0 Å². The first-order chi connectivity index (χ1) is 14.5. The minimum Gasteiger partial charge on any atom is -0.439 e. The van der Waals surface area contributed by atoms with Crippen molar-refractivity contribution < 1.29 is 9.13 Å². The van der Waals surface area contributed by atoms with Gasteiger partial charge in [0.05, 0.1) is 12.2 Å². The molecule has 1 aromatic carbocycles. The molecule has 2 N–H and O–H groups in total. The van der Waals surface area contributed by atoms with Crippen LogP contribution in [0.4, 0.5) is 4.39 Å². The molecule has 8 heteroatoms. The van der Waals surface area contributed by atoms with Gasteiger partial charge in [0, 0.05) is 43.7 Å². The molecular weight excluding hydrogens is 383 g/mol. The van der Waals surface area contributed by atoms with Crippen molar-refractivity contribution in [2.75, 3.05) is 6.54 Å². The summed E-state index contributed by atoms with van der Waals surface area (Å²) in [5.41, 5.74) is 4.26. The van der Waals surface area contributed by atoms with Crippen LogP contribution in [-0.2, 0) is 20.1 Å². The molecule has 0 aliphatic heterocycles. The van der Waals surface area contributed by atoms with Crippen LogP contribution in [0.15, 0.2) is 47.6 Å². The van der Waals surface area contributed by atoms with Crippen molar-refractivity contribution in [1.82, 2.24) is 25.4 Å². The van der Waals surface area contributed by atoms with Gasteiger partial charge >= 0.3 is 0 Å². The number of pyridine rings is 1. The molecule has 3 rings (SSSR count). The van der Waals surface area contributed by atoms with E-state index in [9.17, 15) is 4.39 Å². The van der Waals surface area contributed by atoms with Crippen molar-refractivity contribution in [3.05, 3.63) is 70.9 Å². The fraction of sp³-hybridized carbons (Fsp3) is 0.318. The lowest BCUT2D eigenvalue weighted by molar-refractivity contribution is 0.460. The Kier molecular flexibility index (Phi) is 7.00.